The molecule has 2 amide bonds. The van der Waals surface area contributed by atoms with Crippen LogP contribution in [0.15, 0.2) is 52.4 Å². The molecule has 3 rings (SSSR count). The Bertz CT molecular complexity index is 1070. The highest BCUT2D eigenvalue weighted by Gasteiger charge is 2.26. The zero-order chi connectivity index (χ0) is 24.8. The van der Waals surface area contributed by atoms with Gasteiger partial charge in [-0.3, -0.25) is 4.99 Å². The number of halogens is 2. The average molecular weight is 503 g/mol. The van der Waals surface area contributed by atoms with Crippen LogP contribution in [0.3, 0.4) is 0 Å². The van der Waals surface area contributed by atoms with Crippen molar-refractivity contribution in [2.75, 3.05) is 27.2 Å². The van der Waals surface area contributed by atoms with Crippen LogP contribution in [0.2, 0.25) is 10.0 Å². The van der Waals surface area contributed by atoms with E-state index < -0.39 is 0 Å². The van der Waals surface area contributed by atoms with Crippen LogP contribution < -0.4 is 5.32 Å². The van der Waals surface area contributed by atoms with Crippen LogP contribution in [0, 0.1) is 0 Å². The van der Waals surface area contributed by atoms with Crippen LogP contribution in [0.25, 0.3) is 11.1 Å². The van der Waals surface area contributed by atoms with E-state index >= 15 is 0 Å². The van der Waals surface area contributed by atoms with Gasteiger partial charge >= 0.3 is 6.03 Å². The van der Waals surface area contributed by atoms with Crippen molar-refractivity contribution in [2.24, 2.45) is 4.99 Å². The van der Waals surface area contributed by atoms with Crippen LogP contribution in [0.5, 0.6) is 0 Å². The van der Waals surface area contributed by atoms with E-state index in [1.807, 2.05) is 45.2 Å². The Morgan fingerprint density at radius 1 is 1.29 bits per heavy atom. The first kappa shape index (κ1) is 26.1. The fourth-order valence-corrected chi connectivity index (χ4v) is 4.73. The first-order valence-electron chi connectivity index (χ1n) is 11.3. The molecule has 1 aliphatic heterocycles. The molecule has 0 saturated carbocycles. The lowest BCUT2D eigenvalue weighted by Crippen LogP contribution is -2.48. The van der Waals surface area contributed by atoms with Crippen LogP contribution in [-0.2, 0) is 0 Å². The van der Waals surface area contributed by atoms with Gasteiger partial charge in [0.2, 0.25) is 0 Å². The van der Waals surface area contributed by atoms with E-state index in [2.05, 4.69) is 29.0 Å². The van der Waals surface area contributed by atoms with Crippen molar-refractivity contribution >= 4 is 47.1 Å². The molecule has 1 aliphatic rings. The third-order valence-electron chi connectivity index (χ3n) is 6.36. The molecule has 0 spiro atoms. The lowest BCUT2D eigenvalue weighted by atomic mass is 9.98. The summed E-state index contributed by atoms with van der Waals surface area (Å²) < 4.78 is 5.18. The summed E-state index contributed by atoms with van der Waals surface area (Å²) in [5, 5.41) is 3.86. The number of allylic oxidation sites excluding steroid dienone is 3. The molecule has 0 bridgehead atoms. The van der Waals surface area contributed by atoms with Crippen molar-refractivity contribution in [3.63, 3.8) is 0 Å². The smallest absolute Gasteiger partial charge is 0.317 e. The van der Waals surface area contributed by atoms with Crippen molar-refractivity contribution in [2.45, 2.75) is 38.8 Å². The van der Waals surface area contributed by atoms with E-state index in [4.69, 9.17) is 27.6 Å². The maximum Gasteiger partial charge on any atom is 0.317 e. The van der Waals surface area contributed by atoms with E-state index in [0.717, 1.165) is 53.8 Å². The van der Waals surface area contributed by atoms with Gasteiger partial charge in [0.15, 0.2) is 0 Å². The lowest BCUT2D eigenvalue weighted by Gasteiger charge is -2.35. The Kier molecular flexibility index (Phi) is 9.00. The van der Waals surface area contributed by atoms with E-state index in [0.29, 0.717) is 10.0 Å². The topological polar surface area (TPSA) is 61.1 Å². The Labute approximate surface area is 211 Å². The van der Waals surface area contributed by atoms with Gasteiger partial charge in [-0.05, 0) is 76.8 Å². The predicted octanol–water partition coefficient (Wildman–Crippen LogP) is 6.53. The molecule has 34 heavy (non-hydrogen) atoms. The first-order chi connectivity index (χ1) is 16.2. The maximum atomic E-state index is 12.9. The molecule has 1 atom stereocenters. The summed E-state index contributed by atoms with van der Waals surface area (Å²) in [5.41, 5.74) is 4.19. The Morgan fingerprint density at radius 3 is 2.62 bits per heavy atom. The summed E-state index contributed by atoms with van der Waals surface area (Å²) in [7, 11) is 3.96. The summed E-state index contributed by atoms with van der Waals surface area (Å²) >= 11 is 13.4. The van der Waals surface area contributed by atoms with Gasteiger partial charge in [-0.15, -0.1) is 0 Å². The minimum absolute atomic E-state index is 0.117. The zero-order valence-corrected chi connectivity index (χ0v) is 21.7. The monoisotopic (exact) mass is 502 g/mol. The van der Waals surface area contributed by atoms with Crippen molar-refractivity contribution in [3.05, 3.63) is 69.7 Å². The van der Waals surface area contributed by atoms with Crippen molar-refractivity contribution < 1.29 is 9.21 Å². The Hall–Kier alpha value is -2.54. The fraction of sp³-hybridized carbons (Fsp3) is 0.385. The number of furan rings is 1. The van der Waals surface area contributed by atoms with E-state index in [1.54, 1.807) is 23.6 Å². The predicted molar refractivity (Wildman–Crippen MR) is 142 cm³/mol. The van der Waals surface area contributed by atoms with E-state index in [9.17, 15) is 4.79 Å². The highest BCUT2D eigenvalue weighted by atomic mass is 35.5. The molecule has 1 aromatic heterocycles. The average Bonchev–Trinajstić information content (AvgIpc) is 3.35. The minimum Gasteiger partial charge on any atom is -0.472 e. The third-order valence-corrected chi connectivity index (χ3v) is 7.26. The fourth-order valence-electron chi connectivity index (χ4n) is 4.12. The van der Waals surface area contributed by atoms with Crippen LogP contribution >= 0.6 is 23.2 Å². The number of benzene rings is 1. The number of nitrogens with one attached hydrogen (secondary N) is 1. The van der Waals surface area contributed by atoms with Crippen molar-refractivity contribution in [3.8, 4) is 0 Å². The lowest BCUT2D eigenvalue weighted by molar-refractivity contribution is 0.146. The molecule has 1 fully saturated rings. The Morgan fingerprint density at radius 2 is 2.00 bits per heavy atom. The molecule has 1 saturated heterocycles. The van der Waals surface area contributed by atoms with Crippen molar-refractivity contribution in [1.82, 2.24) is 15.1 Å². The normalized spacial score (nSPS) is 16.9. The number of amides is 2. The van der Waals surface area contributed by atoms with Crippen LogP contribution in [-0.4, -0.2) is 55.8 Å². The highest BCUT2D eigenvalue weighted by Crippen LogP contribution is 2.37. The number of hydrogen-bond donors (Lipinski definition) is 1. The van der Waals surface area contributed by atoms with Gasteiger partial charge < -0.3 is 19.5 Å². The highest BCUT2D eigenvalue weighted by molar-refractivity contribution is 6.43. The van der Waals surface area contributed by atoms with Crippen molar-refractivity contribution in [1.29, 1.82) is 0 Å². The second-order valence-electron chi connectivity index (χ2n) is 8.75. The molecule has 1 aromatic carbocycles. The van der Waals surface area contributed by atoms with Gasteiger partial charge in [0.1, 0.15) is 0 Å². The molecule has 182 valence electrons. The molecule has 2 aromatic rings. The quantitative estimate of drug-likeness (QED) is 0.345. The number of carbonyl (C=O) groups excluding carboxylic acids is 1. The van der Waals surface area contributed by atoms with E-state index in [-0.39, 0.29) is 18.1 Å². The second kappa shape index (κ2) is 11.7. The number of aliphatic imine (C=N–C) groups is 1. The number of urea groups is 1. The molecule has 6 nitrogen and oxygen atoms in total. The van der Waals surface area contributed by atoms with Gasteiger partial charge in [0.25, 0.3) is 0 Å². The summed E-state index contributed by atoms with van der Waals surface area (Å²) in [6.07, 6.45) is 8.83. The second-order valence-corrected chi connectivity index (χ2v) is 9.51. The first-order valence-corrected chi connectivity index (χ1v) is 12.1. The molecular weight excluding hydrogens is 471 g/mol. The summed E-state index contributed by atoms with van der Waals surface area (Å²) in [6, 6.07) is 5.47. The third kappa shape index (κ3) is 6.12. The molecule has 1 N–H and O–H groups in total. The number of piperidine rings is 1. The standard InChI is InChI=1S/C26H32Cl2N4O2/c1-17(19-10-13-34-16-19)14-20(15-29-3)23-7-6-22(24(27)25(23)28)18(2)30-26(33)32(5)21-8-11-31(4)12-9-21/h6-7,10,13-16,18,21H,3,8-9,11-12H2,1-2,4-5H3,(H,30,33)/b17-14+,20-15+. The number of carbonyl (C=O) groups is 1. The van der Waals surface area contributed by atoms with Gasteiger partial charge in [-0.2, -0.15) is 0 Å². The van der Waals surface area contributed by atoms with Gasteiger partial charge in [0.05, 0.1) is 28.6 Å². The number of hydrogen-bond acceptors (Lipinski definition) is 4. The van der Waals surface area contributed by atoms with Gasteiger partial charge in [-0.1, -0.05) is 35.3 Å². The van der Waals surface area contributed by atoms with Gasteiger partial charge in [-0.25, -0.2) is 4.79 Å². The number of likely N-dealkylation sites (tertiary alicyclic amines) is 1. The largest absolute Gasteiger partial charge is 0.472 e. The molecule has 8 heteroatoms. The summed E-state index contributed by atoms with van der Waals surface area (Å²) in [5.74, 6) is 0. The maximum absolute atomic E-state index is 12.9. The summed E-state index contributed by atoms with van der Waals surface area (Å²) in [4.78, 5) is 20.9. The Balaban J connectivity index is 1.78. The number of rotatable bonds is 7. The van der Waals surface area contributed by atoms with Gasteiger partial charge in [0, 0.05) is 36.0 Å². The van der Waals surface area contributed by atoms with Crippen LogP contribution in [0.1, 0.15) is 49.4 Å². The SMILES string of the molecule is C=N/C=C(\C=C(/C)c1ccoc1)c1ccc(C(C)NC(=O)N(C)C2CCN(C)CC2)c(Cl)c1Cl. The molecule has 0 radical (unpaired) electrons. The molecule has 0 aliphatic carbocycles. The molecular formula is C26H32Cl2N4O2. The summed E-state index contributed by atoms with van der Waals surface area (Å²) in [6.45, 7) is 9.44. The van der Waals surface area contributed by atoms with Crippen LogP contribution in [0.4, 0.5) is 4.79 Å². The van der Waals surface area contributed by atoms with E-state index in [1.165, 1.54) is 0 Å². The number of nitrogens with zero attached hydrogens (tertiary/aromatic N) is 3. The molecule has 2 heterocycles. The zero-order valence-electron chi connectivity index (χ0n) is 20.1. The molecule has 1 unspecified atom stereocenters. The minimum atomic E-state index is -0.312.